The lowest BCUT2D eigenvalue weighted by Crippen LogP contribution is -2.11. The third-order valence-corrected chi connectivity index (χ3v) is 5.85. The fourth-order valence-corrected chi connectivity index (χ4v) is 3.78. The molecule has 6 heteroatoms. The summed E-state index contributed by atoms with van der Waals surface area (Å²) < 4.78 is 27.5. The number of fused-ring (bicyclic) bond motifs is 1. The van der Waals surface area contributed by atoms with Gasteiger partial charge >= 0.3 is 0 Å². The Hall–Kier alpha value is -1.66. The summed E-state index contributed by atoms with van der Waals surface area (Å²) in [7, 11) is -3.61. The maximum atomic E-state index is 12.7. The van der Waals surface area contributed by atoms with Crippen molar-refractivity contribution in [3.8, 4) is 0 Å². The van der Waals surface area contributed by atoms with Gasteiger partial charge in [0.15, 0.2) is 0 Å². The molecule has 1 aromatic carbocycles. The normalized spacial score (nSPS) is 12.0. The molecule has 3 aromatic rings. The lowest BCUT2D eigenvalue weighted by molar-refractivity contribution is 0.589. The summed E-state index contributed by atoms with van der Waals surface area (Å²) in [5, 5.41) is 0. The Bertz CT molecular complexity index is 928. The van der Waals surface area contributed by atoms with Crippen LogP contribution in [0.4, 0.5) is 0 Å². The third kappa shape index (κ3) is 2.38. The number of benzene rings is 1. The van der Waals surface area contributed by atoms with Crippen LogP contribution in [0.1, 0.15) is 11.1 Å². The van der Waals surface area contributed by atoms with E-state index in [4.69, 9.17) is 0 Å². The molecular formula is C15H13BrN2O2S. The average Bonchev–Trinajstić information content (AvgIpc) is 2.83. The topological polar surface area (TPSA) is 52.0 Å². The van der Waals surface area contributed by atoms with Crippen molar-refractivity contribution in [1.29, 1.82) is 0 Å². The lowest BCUT2D eigenvalue weighted by atomic mass is 10.2. The predicted molar refractivity (Wildman–Crippen MR) is 85.9 cm³/mol. The van der Waals surface area contributed by atoms with Crippen LogP contribution in [-0.2, 0) is 10.0 Å². The van der Waals surface area contributed by atoms with Crippen LogP contribution in [-0.4, -0.2) is 17.4 Å². The van der Waals surface area contributed by atoms with Crippen LogP contribution in [0.3, 0.4) is 0 Å². The highest BCUT2D eigenvalue weighted by Gasteiger charge is 2.19. The van der Waals surface area contributed by atoms with E-state index in [0.717, 1.165) is 15.7 Å². The molecule has 0 fully saturated rings. The number of halogens is 1. The Kier molecular flexibility index (Phi) is 3.37. The van der Waals surface area contributed by atoms with Gasteiger partial charge in [-0.2, -0.15) is 0 Å². The van der Waals surface area contributed by atoms with E-state index in [-0.39, 0.29) is 4.90 Å². The number of rotatable bonds is 2. The molecule has 0 amide bonds. The van der Waals surface area contributed by atoms with Gasteiger partial charge in [-0.25, -0.2) is 17.4 Å². The van der Waals surface area contributed by atoms with E-state index in [2.05, 4.69) is 20.9 Å². The molecule has 0 radical (unpaired) electrons. The van der Waals surface area contributed by atoms with E-state index in [9.17, 15) is 8.42 Å². The summed E-state index contributed by atoms with van der Waals surface area (Å²) in [5.41, 5.74) is 3.13. The summed E-state index contributed by atoms with van der Waals surface area (Å²) in [6.45, 7) is 3.80. The standard InChI is InChI=1S/C15H13BrN2O2S/c1-10-3-5-12(6-4-10)21(19,20)18-8-7-13-14(18)9-11(2)15(16)17-13/h3-9H,1-2H3. The number of aryl methyl sites for hydroxylation is 2. The molecule has 2 heterocycles. The maximum absolute atomic E-state index is 12.7. The number of hydrogen-bond donors (Lipinski definition) is 0. The van der Waals surface area contributed by atoms with Gasteiger partial charge in [-0.05, 0) is 59.6 Å². The monoisotopic (exact) mass is 364 g/mol. The van der Waals surface area contributed by atoms with Gasteiger partial charge in [0.05, 0.1) is 15.9 Å². The molecule has 0 spiro atoms. The van der Waals surface area contributed by atoms with Crippen molar-refractivity contribution in [2.45, 2.75) is 18.7 Å². The Balaban J connectivity index is 2.24. The summed E-state index contributed by atoms with van der Waals surface area (Å²) in [6.07, 6.45) is 1.54. The van der Waals surface area contributed by atoms with Gasteiger partial charge in [0.1, 0.15) is 4.60 Å². The van der Waals surface area contributed by atoms with E-state index in [0.29, 0.717) is 11.0 Å². The molecule has 0 saturated carbocycles. The highest BCUT2D eigenvalue weighted by atomic mass is 79.9. The van der Waals surface area contributed by atoms with Crippen LogP contribution in [0.15, 0.2) is 52.1 Å². The fraction of sp³-hybridized carbons (Fsp3) is 0.133. The van der Waals surface area contributed by atoms with Gasteiger partial charge in [0, 0.05) is 6.20 Å². The molecular weight excluding hydrogens is 352 g/mol. The van der Waals surface area contributed by atoms with Gasteiger partial charge in [-0.15, -0.1) is 0 Å². The van der Waals surface area contributed by atoms with E-state index in [1.165, 1.54) is 3.97 Å². The number of aromatic nitrogens is 2. The van der Waals surface area contributed by atoms with Crippen LogP contribution in [0, 0.1) is 13.8 Å². The van der Waals surface area contributed by atoms with Gasteiger partial charge in [-0.1, -0.05) is 17.7 Å². The molecule has 0 aliphatic rings. The Morgan fingerprint density at radius 3 is 2.43 bits per heavy atom. The van der Waals surface area contributed by atoms with Crippen molar-refractivity contribution in [3.05, 3.63) is 58.3 Å². The van der Waals surface area contributed by atoms with Gasteiger partial charge < -0.3 is 0 Å². The van der Waals surface area contributed by atoms with Gasteiger partial charge in [-0.3, -0.25) is 0 Å². The summed E-state index contributed by atoms with van der Waals surface area (Å²) in [4.78, 5) is 4.62. The molecule has 0 unspecified atom stereocenters. The van der Waals surface area contributed by atoms with E-state index < -0.39 is 10.0 Å². The molecule has 3 rings (SSSR count). The summed E-state index contributed by atoms with van der Waals surface area (Å²) in [6, 6.07) is 10.3. The average molecular weight is 365 g/mol. The Morgan fingerprint density at radius 2 is 1.76 bits per heavy atom. The lowest BCUT2D eigenvalue weighted by Gasteiger charge is -2.08. The molecule has 0 aliphatic carbocycles. The molecule has 0 bridgehead atoms. The summed E-state index contributed by atoms with van der Waals surface area (Å²) >= 11 is 3.36. The minimum Gasteiger partial charge on any atom is -0.239 e. The van der Waals surface area contributed by atoms with Crippen LogP contribution in [0.25, 0.3) is 11.0 Å². The molecule has 108 valence electrons. The maximum Gasteiger partial charge on any atom is 0.268 e. The Morgan fingerprint density at radius 1 is 1.10 bits per heavy atom. The molecule has 2 aromatic heterocycles. The van der Waals surface area contributed by atoms with Crippen molar-refractivity contribution in [2.24, 2.45) is 0 Å². The second-order valence-electron chi connectivity index (χ2n) is 4.93. The van der Waals surface area contributed by atoms with Crippen molar-refractivity contribution < 1.29 is 8.42 Å². The summed E-state index contributed by atoms with van der Waals surface area (Å²) in [5.74, 6) is 0. The van der Waals surface area contributed by atoms with E-state index in [1.807, 2.05) is 19.9 Å². The molecule has 0 aliphatic heterocycles. The quantitative estimate of drug-likeness (QED) is 0.652. The van der Waals surface area contributed by atoms with Crippen LogP contribution < -0.4 is 0 Å². The van der Waals surface area contributed by atoms with E-state index in [1.54, 1.807) is 36.5 Å². The number of nitrogens with zero attached hydrogens (tertiary/aromatic N) is 2. The smallest absolute Gasteiger partial charge is 0.239 e. The SMILES string of the molecule is Cc1ccc(S(=O)(=O)n2ccc3nc(Br)c(C)cc32)cc1. The molecule has 0 saturated heterocycles. The number of pyridine rings is 1. The minimum atomic E-state index is -3.61. The molecule has 21 heavy (non-hydrogen) atoms. The second kappa shape index (κ2) is 4.96. The van der Waals surface area contributed by atoms with Gasteiger partial charge in [0.25, 0.3) is 10.0 Å². The van der Waals surface area contributed by atoms with Crippen molar-refractivity contribution in [3.63, 3.8) is 0 Å². The van der Waals surface area contributed by atoms with Crippen molar-refractivity contribution in [1.82, 2.24) is 8.96 Å². The van der Waals surface area contributed by atoms with Crippen LogP contribution >= 0.6 is 15.9 Å². The highest BCUT2D eigenvalue weighted by Crippen LogP contribution is 2.25. The zero-order valence-electron chi connectivity index (χ0n) is 11.5. The first kappa shape index (κ1) is 14.3. The molecule has 0 N–H and O–H groups in total. The number of hydrogen-bond acceptors (Lipinski definition) is 3. The fourth-order valence-electron chi connectivity index (χ4n) is 2.14. The predicted octanol–water partition coefficient (Wildman–Crippen LogP) is 3.65. The first-order valence-corrected chi connectivity index (χ1v) is 8.59. The second-order valence-corrected chi connectivity index (χ2v) is 7.50. The van der Waals surface area contributed by atoms with Crippen molar-refractivity contribution >= 4 is 37.0 Å². The Labute approximate surface area is 131 Å². The zero-order chi connectivity index (χ0) is 15.2. The van der Waals surface area contributed by atoms with Crippen molar-refractivity contribution in [2.75, 3.05) is 0 Å². The van der Waals surface area contributed by atoms with Crippen LogP contribution in [0.2, 0.25) is 0 Å². The molecule has 4 nitrogen and oxygen atoms in total. The first-order valence-electron chi connectivity index (χ1n) is 6.36. The van der Waals surface area contributed by atoms with Gasteiger partial charge in [0.2, 0.25) is 0 Å². The first-order chi connectivity index (χ1) is 9.89. The zero-order valence-corrected chi connectivity index (χ0v) is 13.9. The van der Waals surface area contributed by atoms with E-state index >= 15 is 0 Å². The molecule has 0 atom stereocenters. The largest absolute Gasteiger partial charge is 0.268 e. The van der Waals surface area contributed by atoms with Crippen LogP contribution in [0.5, 0.6) is 0 Å². The third-order valence-electron chi connectivity index (χ3n) is 3.34. The minimum absolute atomic E-state index is 0.270. The highest BCUT2D eigenvalue weighted by molar-refractivity contribution is 9.10.